The van der Waals surface area contributed by atoms with Gasteiger partial charge in [-0.2, -0.15) is 0 Å². The molecule has 0 unspecified atom stereocenters. The highest BCUT2D eigenvalue weighted by Crippen LogP contribution is 2.23. The normalized spacial score (nSPS) is 10.8. The van der Waals surface area contributed by atoms with Crippen molar-refractivity contribution in [3.63, 3.8) is 0 Å². The lowest BCUT2D eigenvalue weighted by atomic mass is 10.2. The van der Waals surface area contributed by atoms with Crippen LogP contribution in [0.15, 0.2) is 39.6 Å². The first kappa shape index (κ1) is 16.7. The van der Waals surface area contributed by atoms with Gasteiger partial charge in [-0.05, 0) is 31.2 Å². The predicted molar refractivity (Wildman–Crippen MR) is 94.2 cm³/mol. The molecule has 1 amide bonds. The van der Waals surface area contributed by atoms with Gasteiger partial charge in [0, 0.05) is 28.9 Å². The van der Waals surface area contributed by atoms with Crippen LogP contribution in [0.2, 0.25) is 5.02 Å². The molecule has 0 aliphatic heterocycles. The molecule has 2 aromatic heterocycles. The number of benzene rings is 1. The van der Waals surface area contributed by atoms with Crippen molar-refractivity contribution in [1.82, 2.24) is 15.3 Å². The number of thiazole rings is 1. The summed E-state index contributed by atoms with van der Waals surface area (Å²) in [5.74, 6) is 1.06. The Kier molecular flexibility index (Phi) is 5.27. The Labute approximate surface area is 148 Å². The molecule has 5 nitrogen and oxygen atoms in total. The van der Waals surface area contributed by atoms with Crippen LogP contribution in [0.3, 0.4) is 0 Å². The van der Waals surface area contributed by atoms with Crippen LogP contribution in [0, 0.1) is 6.92 Å². The Hall–Kier alpha value is -2.18. The zero-order chi connectivity index (χ0) is 16.9. The number of carbonyl (C=O) groups excluding carboxylic acids is 1. The van der Waals surface area contributed by atoms with Gasteiger partial charge in [0.25, 0.3) is 0 Å². The van der Waals surface area contributed by atoms with Crippen LogP contribution in [0.1, 0.15) is 17.1 Å². The lowest BCUT2D eigenvalue weighted by molar-refractivity contribution is -0.120. The third-order valence-corrected chi connectivity index (χ3v) is 4.39. The molecule has 1 aromatic carbocycles. The van der Waals surface area contributed by atoms with E-state index in [-0.39, 0.29) is 12.3 Å². The highest BCUT2D eigenvalue weighted by molar-refractivity contribution is 7.07. The highest BCUT2D eigenvalue weighted by Gasteiger charge is 2.14. The van der Waals surface area contributed by atoms with Gasteiger partial charge >= 0.3 is 0 Å². The van der Waals surface area contributed by atoms with Crippen molar-refractivity contribution in [2.75, 3.05) is 6.54 Å². The van der Waals surface area contributed by atoms with Gasteiger partial charge in [-0.15, -0.1) is 11.3 Å². The Morgan fingerprint density at radius 2 is 2.12 bits per heavy atom. The van der Waals surface area contributed by atoms with Crippen LogP contribution in [-0.4, -0.2) is 22.4 Å². The lowest BCUT2D eigenvalue weighted by Gasteiger charge is -2.02. The van der Waals surface area contributed by atoms with Gasteiger partial charge in [-0.1, -0.05) is 11.6 Å². The Morgan fingerprint density at radius 1 is 1.33 bits per heavy atom. The van der Waals surface area contributed by atoms with Gasteiger partial charge in [0.15, 0.2) is 0 Å². The molecule has 7 heteroatoms. The minimum atomic E-state index is -0.0794. The van der Waals surface area contributed by atoms with Gasteiger partial charge in [0.2, 0.25) is 11.8 Å². The number of oxazole rings is 1. The van der Waals surface area contributed by atoms with Crippen LogP contribution in [0.4, 0.5) is 0 Å². The molecule has 3 aromatic rings. The van der Waals surface area contributed by atoms with E-state index in [0.29, 0.717) is 28.9 Å². The summed E-state index contributed by atoms with van der Waals surface area (Å²) in [6.45, 7) is 2.37. The summed E-state index contributed by atoms with van der Waals surface area (Å²) >= 11 is 7.43. The molecule has 0 fully saturated rings. The van der Waals surface area contributed by atoms with Crippen molar-refractivity contribution in [1.29, 1.82) is 0 Å². The fraction of sp³-hybridized carbons (Fsp3) is 0.235. The Bertz CT molecular complexity index is 813. The first-order chi connectivity index (χ1) is 11.6. The summed E-state index contributed by atoms with van der Waals surface area (Å²) in [5.41, 5.74) is 4.25. The van der Waals surface area contributed by atoms with Crippen LogP contribution < -0.4 is 5.32 Å². The van der Waals surface area contributed by atoms with E-state index in [1.54, 1.807) is 29.0 Å². The van der Waals surface area contributed by atoms with E-state index in [1.165, 1.54) is 0 Å². The minimum absolute atomic E-state index is 0.0794. The maximum absolute atomic E-state index is 12.1. The second-order valence-electron chi connectivity index (χ2n) is 5.29. The van der Waals surface area contributed by atoms with Gasteiger partial charge in [0.05, 0.1) is 23.3 Å². The monoisotopic (exact) mass is 361 g/mol. The fourth-order valence-corrected chi connectivity index (χ4v) is 2.93. The molecule has 3 rings (SSSR count). The summed E-state index contributed by atoms with van der Waals surface area (Å²) in [5, 5.41) is 5.51. The van der Waals surface area contributed by atoms with Crippen LogP contribution in [0.5, 0.6) is 0 Å². The molecule has 24 heavy (non-hydrogen) atoms. The van der Waals surface area contributed by atoms with E-state index in [4.69, 9.17) is 16.0 Å². The lowest BCUT2D eigenvalue weighted by Crippen LogP contribution is -2.27. The molecule has 0 spiro atoms. The van der Waals surface area contributed by atoms with Crippen molar-refractivity contribution in [3.8, 4) is 11.5 Å². The summed E-state index contributed by atoms with van der Waals surface area (Å²) in [6.07, 6.45) is 0.920. The summed E-state index contributed by atoms with van der Waals surface area (Å²) < 4.78 is 5.66. The van der Waals surface area contributed by atoms with E-state index < -0.39 is 0 Å². The molecule has 0 bridgehead atoms. The number of hydrogen-bond acceptors (Lipinski definition) is 5. The van der Waals surface area contributed by atoms with E-state index in [1.807, 2.05) is 24.4 Å². The van der Waals surface area contributed by atoms with Crippen molar-refractivity contribution in [2.24, 2.45) is 0 Å². The zero-order valence-corrected chi connectivity index (χ0v) is 14.7. The van der Waals surface area contributed by atoms with Gasteiger partial charge in [-0.25, -0.2) is 9.97 Å². The average Bonchev–Trinajstić information content (AvgIpc) is 3.19. The number of aryl methyl sites for hydroxylation is 1. The quantitative estimate of drug-likeness (QED) is 0.727. The molecule has 2 heterocycles. The first-order valence-corrected chi connectivity index (χ1v) is 8.80. The minimum Gasteiger partial charge on any atom is -0.441 e. The molecule has 0 aliphatic rings. The largest absolute Gasteiger partial charge is 0.441 e. The van der Waals surface area contributed by atoms with Gasteiger partial charge in [0.1, 0.15) is 5.76 Å². The number of carbonyl (C=O) groups is 1. The number of aromatic nitrogens is 2. The summed E-state index contributed by atoms with van der Waals surface area (Å²) in [4.78, 5) is 20.7. The second-order valence-corrected chi connectivity index (χ2v) is 6.44. The van der Waals surface area contributed by atoms with Crippen LogP contribution in [-0.2, 0) is 17.6 Å². The SMILES string of the molecule is Cc1oc(-c2ccc(Cl)cc2)nc1CC(=O)NCCc1cscn1. The second kappa shape index (κ2) is 7.59. The van der Waals surface area contributed by atoms with E-state index >= 15 is 0 Å². The highest BCUT2D eigenvalue weighted by atomic mass is 35.5. The third kappa shape index (κ3) is 4.21. The number of nitrogens with one attached hydrogen (secondary N) is 1. The molecular weight excluding hydrogens is 346 g/mol. The zero-order valence-electron chi connectivity index (χ0n) is 13.1. The molecular formula is C17H16ClN3O2S. The Morgan fingerprint density at radius 3 is 2.83 bits per heavy atom. The van der Waals surface area contributed by atoms with Crippen molar-refractivity contribution in [2.45, 2.75) is 19.8 Å². The van der Waals surface area contributed by atoms with Gasteiger partial charge in [-0.3, -0.25) is 4.79 Å². The molecule has 0 saturated heterocycles. The standard InChI is InChI=1S/C17H16ClN3O2S/c1-11-15(8-16(22)19-7-6-14-9-24-10-20-14)21-17(23-11)12-2-4-13(18)5-3-12/h2-5,9-10H,6-8H2,1H3,(H,19,22). The van der Waals surface area contributed by atoms with E-state index in [2.05, 4.69) is 15.3 Å². The van der Waals surface area contributed by atoms with Crippen molar-refractivity contribution < 1.29 is 9.21 Å². The first-order valence-electron chi connectivity index (χ1n) is 7.48. The fourth-order valence-electron chi connectivity index (χ4n) is 2.21. The molecule has 0 aliphatic carbocycles. The molecule has 124 valence electrons. The third-order valence-electron chi connectivity index (χ3n) is 3.50. The molecule has 0 radical (unpaired) electrons. The van der Waals surface area contributed by atoms with E-state index in [0.717, 1.165) is 17.7 Å². The van der Waals surface area contributed by atoms with Gasteiger partial charge < -0.3 is 9.73 Å². The van der Waals surface area contributed by atoms with E-state index in [9.17, 15) is 4.79 Å². The number of nitrogens with zero attached hydrogens (tertiary/aromatic N) is 2. The van der Waals surface area contributed by atoms with Crippen molar-refractivity contribution in [3.05, 3.63) is 57.3 Å². The average molecular weight is 362 g/mol. The summed E-state index contributed by atoms with van der Waals surface area (Å²) in [7, 11) is 0. The number of amides is 1. The molecule has 0 saturated carbocycles. The predicted octanol–water partition coefficient (Wildman–Crippen LogP) is 3.66. The summed E-state index contributed by atoms with van der Waals surface area (Å²) in [6, 6.07) is 7.24. The molecule has 0 atom stereocenters. The Balaban J connectivity index is 1.58. The smallest absolute Gasteiger partial charge is 0.226 e. The topological polar surface area (TPSA) is 68.0 Å². The van der Waals surface area contributed by atoms with Crippen LogP contribution >= 0.6 is 22.9 Å². The number of halogens is 1. The maximum atomic E-state index is 12.1. The number of rotatable bonds is 6. The molecule has 1 N–H and O–H groups in total. The number of hydrogen-bond donors (Lipinski definition) is 1. The van der Waals surface area contributed by atoms with Crippen LogP contribution in [0.25, 0.3) is 11.5 Å². The maximum Gasteiger partial charge on any atom is 0.226 e. The van der Waals surface area contributed by atoms with Crippen molar-refractivity contribution >= 4 is 28.8 Å².